The van der Waals surface area contributed by atoms with Crippen LogP contribution in [0.4, 0.5) is 0 Å². The Balaban J connectivity index is 1.81. The van der Waals surface area contributed by atoms with E-state index >= 15 is 0 Å². The lowest BCUT2D eigenvalue weighted by molar-refractivity contribution is -0.147. The van der Waals surface area contributed by atoms with E-state index in [0.717, 1.165) is 0 Å². The largest absolute Gasteiger partial charge is 0.505 e. The summed E-state index contributed by atoms with van der Waals surface area (Å²) in [6.07, 6.45) is 2.00. The molecule has 4 aromatic rings. The molecule has 1 unspecified atom stereocenters. The number of amides is 1. The van der Waals surface area contributed by atoms with Crippen LogP contribution in [0.2, 0.25) is 0 Å². The first-order valence-electron chi connectivity index (χ1n) is 9.59. The maximum Gasteiger partial charge on any atom is 0.304 e. The van der Waals surface area contributed by atoms with Gasteiger partial charge in [-0.3, -0.25) is 14.6 Å². The summed E-state index contributed by atoms with van der Waals surface area (Å²) in [7, 11) is 0. The van der Waals surface area contributed by atoms with Crippen molar-refractivity contribution in [1.82, 2.24) is 15.3 Å². The van der Waals surface area contributed by atoms with Gasteiger partial charge in [0.25, 0.3) is 5.91 Å². The number of carbonyl (C=O) groups excluding carboxylic acids is 2. The first-order chi connectivity index (χ1) is 15.0. The van der Waals surface area contributed by atoms with Crippen LogP contribution < -0.4 is 5.32 Å². The third-order valence-electron chi connectivity index (χ3n) is 4.67. The molecule has 0 aliphatic carbocycles. The van der Waals surface area contributed by atoms with Gasteiger partial charge in [0, 0.05) is 35.8 Å². The Morgan fingerprint density at radius 1 is 1.00 bits per heavy atom. The van der Waals surface area contributed by atoms with E-state index in [1.807, 2.05) is 18.2 Å². The topological polar surface area (TPSA) is 101 Å². The third-order valence-corrected chi connectivity index (χ3v) is 4.67. The summed E-state index contributed by atoms with van der Waals surface area (Å²) in [5, 5.41) is 14.2. The standard InChI is InChI=1S/C24H19N3O4/c1-15(28)31-24(17-10-7-13-25-14-17)27-23(30)20-18-11-5-6-12-19(18)26-21(22(20)29)16-8-3-2-4-9-16/h2-14,24,29H,1H3,(H,27,30). The highest BCUT2D eigenvalue weighted by Gasteiger charge is 2.25. The Labute approximate surface area is 178 Å². The first kappa shape index (κ1) is 20.0. The first-order valence-corrected chi connectivity index (χ1v) is 9.59. The minimum absolute atomic E-state index is 0.0468. The van der Waals surface area contributed by atoms with Crippen molar-refractivity contribution < 1.29 is 19.4 Å². The number of aromatic nitrogens is 2. The average Bonchev–Trinajstić information content (AvgIpc) is 2.79. The van der Waals surface area contributed by atoms with E-state index in [2.05, 4.69) is 15.3 Å². The van der Waals surface area contributed by atoms with Crippen molar-refractivity contribution in [2.24, 2.45) is 0 Å². The van der Waals surface area contributed by atoms with Gasteiger partial charge in [0.05, 0.1) is 11.1 Å². The lowest BCUT2D eigenvalue weighted by Gasteiger charge is -2.20. The Bertz CT molecular complexity index is 1240. The molecule has 0 spiro atoms. The van der Waals surface area contributed by atoms with E-state index in [0.29, 0.717) is 22.0 Å². The zero-order chi connectivity index (χ0) is 21.8. The lowest BCUT2D eigenvalue weighted by atomic mass is 10.0. The molecule has 0 saturated carbocycles. The predicted octanol–water partition coefficient (Wildman–Crippen LogP) is 3.99. The monoisotopic (exact) mass is 413 g/mol. The van der Waals surface area contributed by atoms with Crippen LogP contribution in [0.15, 0.2) is 79.1 Å². The summed E-state index contributed by atoms with van der Waals surface area (Å²) < 4.78 is 5.29. The Morgan fingerprint density at radius 3 is 2.45 bits per heavy atom. The second-order valence-corrected chi connectivity index (χ2v) is 6.82. The maximum absolute atomic E-state index is 13.3. The Kier molecular flexibility index (Phi) is 5.57. The zero-order valence-corrected chi connectivity index (χ0v) is 16.6. The number of nitrogens with one attached hydrogen (secondary N) is 1. The number of ether oxygens (including phenoxy) is 1. The van der Waals surface area contributed by atoms with Crippen LogP contribution in [0.1, 0.15) is 29.1 Å². The van der Waals surface area contributed by atoms with Crippen molar-refractivity contribution in [2.45, 2.75) is 13.2 Å². The normalized spacial score (nSPS) is 11.6. The van der Waals surface area contributed by atoms with Crippen molar-refractivity contribution in [3.63, 3.8) is 0 Å². The molecule has 1 amide bonds. The van der Waals surface area contributed by atoms with Gasteiger partial charge in [0.15, 0.2) is 5.75 Å². The van der Waals surface area contributed by atoms with Crippen molar-refractivity contribution in [3.8, 4) is 17.0 Å². The molecule has 0 aliphatic heterocycles. The number of hydrogen-bond donors (Lipinski definition) is 2. The molecule has 0 saturated heterocycles. The number of pyridine rings is 2. The fourth-order valence-electron chi connectivity index (χ4n) is 3.30. The average molecular weight is 413 g/mol. The third kappa shape index (κ3) is 4.20. The van der Waals surface area contributed by atoms with Gasteiger partial charge in [-0.05, 0) is 12.1 Å². The quantitative estimate of drug-likeness (QED) is 0.379. The molecular formula is C24H19N3O4. The van der Waals surface area contributed by atoms with Gasteiger partial charge >= 0.3 is 5.97 Å². The summed E-state index contributed by atoms with van der Waals surface area (Å²) in [6, 6.07) is 19.5. The van der Waals surface area contributed by atoms with E-state index in [4.69, 9.17) is 4.74 Å². The van der Waals surface area contributed by atoms with Gasteiger partial charge in [0.2, 0.25) is 6.23 Å². The predicted molar refractivity (Wildman–Crippen MR) is 115 cm³/mol. The molecule has 0 aliphatic rings. The number of aromatic hydroxyl groups is 1. The molecule has 2 heterocycles. The molecule has 0 radical (unpaired) electrons. The van der Waals surface area contributed by atoms with Crippen molar-refractivity contribution >= 4 is 22.8 Å². The summed E-state index contributed by atoms with van der Waals surface area (Å²) in [5.74, 6) is -1.43. The van der Waals surface area contributed by atoms with E-state index in [1.54, 1.807) is 54.7 Å². The van der Waals surface area contributed by atoms with E-state index in [9.17, 15) is 14.7 Å². The molecule has 31 heavy (non-hydrogen) atoms. The zero-order valence-electron chi connectivity index (χ0n) is 16.6. The Hall–Kier alpha value is -4.26. The molecular weight excluding hydrogens is 394 g/mol. The molecule has 2 N–H and O–H groups in total. The number of esters is 1. The SMILES string of the molecule is CC(=O)OC(NC(=O)c1c(O)c(-c2ccccc2)nc2ccccc12)c1cccnc1. The summed E-state index contributed by atoms with van der Waals surface area (Å²) >= 11 is 0. The molecule has 2 aromatic heterocycles. The van der Waals surface area contributed by atoms with Crippen LogP contribution in [0.5, 0.6) is 5.75 Å². The number of fused-ring (bicyclic) bond motifs is 1. The molecule has 0 bridgehead atoms. The number of para-hydroxylation sites is 1. The van der Waals surface area contributed by atoms with E-state index in [1.165, 1.54) is 13.1 Å². The van der Waals surface area contributed by atoms with Crippen molar-refractivity contribution in [3.05, 3.63) is 90.3 Å². The molecule has 7 heteroatoms. The van der Waals surface area contributed by atoms with Gasteiger partial charge in [-0.2, -0.15) is 0 Å². The number of benzene rings is 2. The highest BCUT2D eigenvalue weighted by molar-refractivity contribution is 6.10. The molecule has 154 valence electrons. The highest BCUT2D eigenvalue weighted by Crippen LogP contribution is 2.35. The minimum atomic E-state index is -1.06. The van der Waals surface area contributed by atoms with Gasteiger partial charge in [-0.15, -0.1) is 0 Å². The van der Waals surface area contributed by atoms with Crippen LogP contribution in [0.3, 0.4) is 0 Å². The number of rotatable bonds is 5. The van der Waals surface area contributed by atoms with Crippen LogP contribution in [0, 0.1) is 0 Å². The fraction of sp³-hybridized carbons (Fsp3) is 0.0833. The van der Waals surface area contributed by atoms with Gasteiger partial charge in [-0.1, -0.05) is 54.6 Å². The van der Waals surface area contributed by atoms with Crippen molar-refractivity contribution in [2.75, 3.05) is 0 Å². The Morgan fingerprint density at radius 2 is 1.74 bits per heavy atom. The number of carbonyl (C=O) groups is 2. The highest BCUT2D eigenvalue weighted by atomic mass is 16.6. The number of nitrogens with zero attached hydrogens (tertiary/aromatic N) is 2. The second kappa shape index (κ2) is 8.62. The van der Waals surface area contributed by atoms with Crippen LogP contribution in [-0.2, 0) is 9.53 Å². The molecule has 4 rings (SSSR count). The van der Waals surface area contributed by atoms with Gasteiger partial charge in [0.1, 0.15) is 5.69 Å². The van der Waals surface area contributed by atoms with Crippen LogP contribution >= 0.6 is 0 Å². The maximum atomic E-state index is 13.3. The lowest BCUT2D eigenvalue weighted by Crippen LogP contribution is -2.31. The fourth-order valence-corrected chi connectivity index (χ4v) is 3.30. The number of hydrogen-bond acceptors (Lipinski definition) is 6. The van der Waals surface area contributed by atoms with Gasteiger partial charge in [-0.25, -0.2) is 4.98 Å². The van der Waals surface area contributed by atoms with Crippen molar-refractivity contribution in [1.29, 1.82) is 0 Å². The second-order valence-electron chi connectivity index (χ2n) is 6.82. The van der Waals surface area contributed by atoms with Crippen LogP contribution in [0.25, 0.3) is 22.2 Å². The van der Waals surface area contributed by atoms with Gasteiger partial charge < -0.3 is 15.2 Å². The molecule has 1 atom stereocenters. The van der Waals surface area contributed by atoms with Crippen LogP contribution in [-0.4, -0.2) is 27.0 Å². The summed E-state index contributed by atoms with van der Waals surface area (Å²) in [4.78, 5) is 33.5. The van der Waals surface area contributed by atoms with E-state index < -0.39 is 18.1 Å². The minimum Gasteiger partial charge on any atom is -0.505 e. The summed E-state index contributed by atoms with van der Waals surface area (Å²) in [6.45, 7) is 1.25. The van der Waals surface area contributed by atoms with E-state index in [-0.39, 0.29) is 17.0 Å². The molecule has 0 fully saturated rings. The summed E-state index contributed by atoms with van der Waals surface area (Å²) in [5.41, 5.74) is 2.05. The molecule has 2 aromatic carbocycles. The molecule has 7 nitrogen and oxygen atoms in total. The smallest absolute Gasteiger partial charge is 0.304 e.